The lowest BCUT2D eigenvalue weighted by atomic mass is 9.71. The predicted octanol–water partition coefficient (Wildman–Crippen LogP) is 2.05. The Morgan fingerprint density at radius 2 is 2.05 bits per heavy atom. The van der Waals surface area contributed by atoms with E-state index in [-0.39, 0.29) is 11.4 Å². The number of fused-ring (bicyclic) bond motifs is 1. The SMILES string of the molecule is COCN1C(=O)c2ccccc2CC1(C)C1CCNCC1. The Morgan fingerprint density at radius 3 is 2.76 bits per heavy atom. The van der Waals surface area contributed by atoms with E-state index in [1.54, 1.807) is 7.11 Å². The molecule has 2 heterocycles. The van der Waals surface area contributed by atoms with Crippen LogP contribution in [0.1, 0.15) is 35.7 Å². The fourth-order valence-corrected chi connectivity index (χ4v) is 3.89. The molecule has 1 atom stereocenters. The van der Waals surface area contributed by atoms with Crippen molar-refractivity contribution in [3.63, 3.8) is 0 Å². The molecule has 1 aromatic rings. The average molecular weight is 288 g/mol. The Balaban J connectivity index is 1.99. The Hall–Kier alpha value is -1.39. The van der Waals surface area contributed by atoms with E-state index >= 15 is 0 Å². The lowest BCUT2D eigenvalue weighted by Gasteiger charge is -2.50. The van der Waals surface area contributed by atoms with Crippen LogP contribution in [0.3, 0.4) is 0 Å². The number of carbonyl (C=O) groups is 1. The Morgan fingerprint density at radius 1 is 1.33 bits per heavy atom. The summed E-state index contributed by atoms with van der Waals surface area (Å²) >= 11 is 0. The molecule has 4 nitrogen and oxygen atoms in total. The first-order valence-electron chi connectivity index (χ1n) is 7.76. The van der Waals surface area contributed by atoms with Crippen molar-refractivity contribution in [3.8, 4) is 0 Å². The molecule has 0 bridgehead atoms. The maximum atomic E-state index is 12.9. The molecule has 1 aromatic carbocycles. The van der Waals surface area contributed by atoms with Gasteiger partial charge in [-0.3, -0.25) is 4.79 Å². The fourth-order valence-electron chi connectivity index (χ4n) is 3.89. The van der Waals surface area contributed by atoms with Crippen molar-refractivity contribution in [1.82, 2.24) is 10.2 Å². The highest BCUT2D eigenvalue weighted by Gasteiger charge is 2.46. The lowest BCUT2D eigenvalue weighted by Crippen LogP contribution is -2.60. The summed E-state index contributed by atoms with van der Waals surface area (Å²) in [6.07, 6.45) is 3.15. The third kappa shape index (κ3) is 2.47. The van der Waals surface area contributed by atoms with Crippen molar-refractivity contribution < 1.29 is 9.53 Å². The molecule has 0 saturated carbocycles. The smallest absolute Gasteiger partial charge is 0.256 e. The number of carbonyl (C=O) groups excluding carboxylic acids is 1. The van der Waals surface area contributed by atoms with E-state index in [2.05, 4.69) is 18.3 Å². The van der Waals surface area contributed by atoms with Crippen LogP contribution in [0.2, 0.25) is 0 Å². The Kier molecular flexibility index (Phi) is 4.00. The van der Waals surface area contributed by atoms with Gasteiger partial charge in [-0.2, -0.15) is 0 Å². The Labute approximate surface area is 126 Å². The minimum atomic E-state index is -0.149. The quantitative estimate of drug-likeness (QED) is 0.925. The summed E-state index contributed by atoms with van der Waals surface area (Å²) in [6, 6.07) is 7.99. The third-order valence-corrected chi connectivity index (χ3v) is 5.13. The first kappa shape index (κ1) is 14.5. The minimum Gasteiger partial charge on any atom is -0.364 e. The summed E-state index contributed by atoms with van der Waals surface area (Å²) in [4.78, 5) is 14.8. The van der Waals surface area contributed by atoms with Crippen molar-refractivity contribution in [2.45, 2.75) is 31.7 Å². The van der Waals surface area contributed by atoms with Gasteiger partial charge in [0.05, 0.1) is 0 Å². The largest absolute Gasteiger partial charge is 0.364 e. The second-order valence-electron chi connectivity index (χ2n) is 6.37. The van der Waals surface area contributed by atoms with Crippen LogP contribution in [0.25, 0.3) is 0 Å². The summed E-state index contributed by atoms with van der Waals surface area (Å²) in [6.45, 7) is 4.68. The number of nitrogens with zero attached hydrogens (tertiary/aromatic N) is 1. The first-order chi connectivity index (χ1) is 10.2. The van der Waals surface area contributed by atoms with Crippen LogP contribution in [0.15, 0.2) is 24.3 Å². The summed E-state index contributed by atoms with van der Waals surface area (Å²) in [5, 5.41) is 3.41. The molecule has 0 aromatic heterocycles. The lowest BCUT2D eigenvalue weighted by molar-refractivity contribution is -0.0324. The maximum Gasteiger partial charge on any atom is 0.256 e. The molecule has 1 saturated heterocycles. The molecular formula is C17H24N2O2. The number of rotatable bonds is 3. The first-order valence-corrected chi connectivity index (χ1v) is 7.76. The molecule has 21 heavy (non-hydrogen) atoms. The van der Waals surface area contributed by atoms with Gasteiger partial charge in [-0.15, -0.1) is 0 Å². The molecule has 1 amide bonds. The summed E-state index contributed by atoms with van der Waals surface area (Å²) in [5.74, 6) is 0.630. The normalized spacial score (nSPS) is 26.8. The zero-order valence-electron chi connectivity index (χ0n) is 12.9. The summed E-state index contributed by atoms with van der Waals surface area (Å²) < 4.78 is 5.34. The average Bonchev–Trinajstić information content (AvgIpc) is 2.52. The van der Waals surface area contributed by atoms with Crippen LogP contribution < -0.4 is 5.32 Å². The standard InChI is InChI=1S/C17H24N2O2/c1-17(14-7-9-18-10-8-14)11-13-5-3-4-6-15(13)16(20)19(17)12-21-2/h3-6,14,18H,7-12H2,1-2H3. The number of amides is 1. The van der Waals surface area contributed by atoms with Crippen LogP contribution >= 0.6 is 0 Å². The second-order valence-corrected chi connectivity index (χ2v) is 6.37. The van der Waals surface area contributed by atoms with E-state index in [1.165, 1.54) is 5.56 Å². The minimum absolute atomic E-state index is 0.111. The third-order valence-electron chi connectivity index (χ3n) is 5.13. The van der Waals surface area contributed by atoms with Crippen molar-refractivity contribution >= 4 is 5.91 Å². The van der Waals surface area contributed by atoms with Gasteiger partial charge >= 0.3 is 0 Å². The van der Waals surface area contributed by atoms with E-state index in [4.69, 9.17) is 4.74 Å². The van der Waals surface area contributed by atoms with Gasteiger partial charge in [0.15, 0.2) is 0 Å². The van der Waals surface area contributed by atoms with Crippen LogP contribution in [0.4, 0.5) is 0 Å². The Bertz CT molecular complexity index is 525. The highest BCUT2D eigenvalue weighted by molar-refractivity contribution is 5.97. The molecule has 1 N–H and O–H groups in total. The second kappa shape index (κ2) is 5.78. The van der Waals surface area contributed by atoms with Crippen LogP contribution in [-0.2, 0) is 11.2 Å². The summed E-state index contributed by atoms with van der Waals surface area (Å²) in [5.41, 5.74) is 1.86. The van der Waals surface area contributed by atoms with Crippen molar-refractivity contribution in [2.24, 2.45) is 5.92 Å². The van der Waals surface area contributed by atoms with Gasteiger partial charge in [0.25, 0.3) is 5.91 Å². The molecule has 2 aliphatic rings. The van der Waals surface area contributed by atoms with E-state index in [0.717, 1.165) is 37.9 Å². The monoisotopic (exact) mass is 288 g/mol. The van der Waals surface area contributed by atoms with E-state index in [9.17, 15) is 4.79 Å². The van der Waals surface area contributed by atoms with E-state index < -0.39 is 0 Å². The topological polar surface area (TPSA) is 41.6 Å². The molecule has 1 unspecified atom stereocenters. The molecule has 1 fully saturated rings. The van der Waals surface area contributed by atoms with Crippen LogP contribution in [-0.4, -0.2) is 43.3 Å². The van der Waals surface area contributed by atoms with Crippen LogP contribution in [0, 0.1) is 5.92 Å². The van der Waals surface area contributed by atoms with Gasteiger partial charge in [-0.05, 0) is 56.8 Å². The van der Waals surface area contributed by atoms with E-state index in [1.807, 2.05) is 23.1 Å². The number of hydrogen-bond donors (Lipinski definition) is 1. The molecule has 0 radical (unpaired) electrons. The van der Waals surface area contributed by atoms with Gasteiger partial charge in [-0.1, -0.05) is 18.2 Å². The molecular weight excluding hydrogens is 264 g/mol. The van der Waals surface area contributed by atoms with Crippen molar-refractivity contribution in [1.29, 1.82) is 0 Å². The van der Waals surface area contributed by atoms with Crippen molar-refractivity contribution in [2.75, 3.05) is 26.9 Å². The number of methoxy groups -OCH3 is 1. The number of nitrogens with one attached hydrogen (secondary N) is 1. The van der Waals surface area contributed by atoms with Gasteiger partial charge < -0.3 is 15.0 Å². The molecule has 114 valence electrons. The molecule has 3 rings (SSSR count). The van der Waals surface area contributed by atoms with Gasteiger partial charge in [0.1, 0.15) is 6.73 Å². The molecule has 0 aliphatic carbocycles. The maximum absolute atomic E-state index is 12.9. The number of hydrogen-bond acceptors (Lipinski definition) is 3. The predicted molar refractivity (Wildman–Crippen MR) is 82.2 cm³/mol. The number of piperidine rings is 1. The van der Waals surface area contributed by atoms with Gasteiger partial charge in [0.2, 0.25) is 0 Å². The van der Waals surface area contributed by atoms with Gasteiger partial charge in [-0.25, -0.2) is 0 Å². The number of benzene rings is 1. The molecule has 2 aliphatic heterocycles. The highest BCUT2D eigenvalue weighted by Crippen LogP contribution is 2.39. The summed E-state index contributed by atoms with van der Waals surface area (Å²) in [7, 11) is 1.66. The van der Waals surface area contributed by atoms with E-state index in [0.29, 0.717) is 12.6 Å². The van der Waals surface area contributed by atoms with Crippen LogP contribution in [0.5, 0.6) is 0 Å². The fraction of sp³-hybridized carbons (Fsp3) is 0.588. The molecule has 4 heteroatoms. The van der Waals surface area contributed by atoms with Gasteiger partial charge in [0, 0.05) is 18.2 Å². The zero-order chi connectivity index (χ0) is 14.9. The number of ether oxygens (including phenoxy) is 1. The highest BCUT2D eigenvalue weighted by atomic mass is 16.5. The molecule has 0 spiro atoms. The van der Waals surface area contributed by atoms with Crippen molar-refractivity contribution in [3.05, 3.63) is 35.4 Å². The zero-order valence-corrected chi connectivity index (χ0v) is 12.9.